The topological polar surface area (TPSA) is 58.6 Å². The van der Waals surface area contributed by atoms with Gasteiger partial charge >= 0.3 is 0 Å². The lowest BCUT2D eigenvalue weighted by Gasteiger charge is -2.23. The van der Waals surface area contributed by atoms with E-state index >= 15 is 0 Å². The number of nitrogens with zero attached hydrogens (tertiary/aromatic N) is 1. The van der Waals surface area contributed by atoms with Gasteiger partial charge in [0.15, 0.2) is 0 Å². The number of carbonyl (C=O) groups excluding carboxylic acids is 2. The third kappa shape index (κ3) is 5.11. The zero-order valence-corrected chi connectivity index (χ0v) is 15.4. The van der Waals surface area contributed by atoms with E-state index in [0.29, 0.717) is 33.8 Å². The van der Waals surface area contributed by atoms with E-state index in [-0.39, 0.29) is 18.4 Å². The molecule has 2 amide bonds. The molecule has 0 radical (unpaired) electrons. The van der Waals surface area contributed by atoms with Crippen LogP contribution < -0.4 is 15.0 Å². The highest BCUT2D eigenvalue weighted by atomic mass is 35.5. The Labute approximate surface area is 156 Å². The van der Waals surface area contributed by atoms with Gasteiger partial charge in [0.25, 0.3) is 0 Å². The van der Waals surface area contributed by atoms with E-state index in [9.17, 15) is 9.59 Å². The Morgan fingerprint density at radius 2 is 1.68 bits per heavy atom. The molecule has 0 atom stereocenters. The maximum Gasteiger partial charge on any atom is 0.244 e. The molecule has 0 aliphatic heterocycles. The molecule has 0 aromatic heterocycles. The summed E-state index contributed by atoms with van der Waals surface area (Å²) in [4.78, 5) is 25.5. The normalized spacial score (nSPS) is 10.2. The van der Waals surface area contributed by atoms with Crippen LogP contribution in [0.15, 0.2) is 42.5 Å². The van der Waals surface area contributed by atoms with Gasteiger partial charge < -0.3 is 15.0 Å². The van der Waals surface area contributed by atoms with Gasteiger partial charge in [0.2, 0.25) is 11.8 Å². The van der Waals surface area contributed by atoms with Gasteiger partial charge in [-0.05, 0) is 43.3 Å². The second-order valence-corrected chi connectivity index (χ2v) is 6.00. The standard InChI is InChI=1S/C18H18Cl2N2O3/c1-3-25-14-9-7-13(8-10-14)21-17(24)11-22(12(2)23)18-15(19)5-4-6-16(18)20/h4-10H,3,11H2,1-2H3,(H,21,24). The number of hydrogen-bond donors (Lipinski definition) is 1. The van der Waals surface area contributed by atoms with Gasteiger partial charge in [-0.25, -0.2) is 0 Å². The summed E-state index contributed by atoms with van der Waals surface area (Å²) in [6.45, 7) is 3.61. The number of nitrogens with one attached hydrogen (secondary N) is 1. The zero-order chi connectivity index (χ0) is 18.4. The molecule has 0 saturated carbocycles. The van der Waals surface area contributed by atoms with E-state index in [2.05, 4.69) is 5.32 Å². The van der Waals surface area contributed by atoms with Crippen LogP contribution in [0.4, 0.5) is 11.4 Å². The molecule has 2 aromatic rings. The van der Waals surface area contributed by atoms with Crippen molar-refractivity contribution in [2.45, 2.75) is 13.8 Å². The number of anilines is 2. The third-order valence-electron chi connectivity index (χ3n) is 3.34. The van der Waals surface area contributed by atoms with Gasteiger partial charge in [-0.2, -0.15) is 0 Å². The molecule has 0 spiro atoms. The van der Waals surface area contributed by atoms with Crippen LogP contribution in [0.1, 0.15) is 13.8 Å². The second kappa shape index (κ2) is 8.74. The average molecular weight is 381 g/mol. The fourth-order valence-corrected chi connectivity index (χ4v) is 2.84. The zero-order valence-electron chi connectivity index (χ0n) is 13.9. The first kappa shape index (κ1) is 19.1. The molecule has 0 saturated heterocycles. The van der Waals surface area contributed by atoms with Crippen LogP contribution in [0.5, 0.6) is 5.75 Å². The fourth-order valence-electron chi connectivity index (χ4n) is 2.24. The van der Waals surface area contributed by atoms with Crippen LogP contribution in [0.2, 0.25) is 10.0 Å². The summed E-state index contributed by atoms with van der Waals surface area (Å²) in [6, 6.07) is 11.9. The number of benzene rings is 2. The Hall–Kier alpha value is -2.24. The molecule has 132 valence electrons. The summed E-state index contributed by atoms with van der Waals surface area (Å²) in [6.07, 6.45) is 0. The molecule has 0 fully saturated rings. The highest BCUT2D eigenvalue weighted by Gasteiger charge is 2.21. The van der Waals surface area contributed by atoms with E-state index in [0.717, 1.165) is 0 Å². The van der Waals surface area contributed by atoms with Crippen molar-refractivity contribution in [1.29, 1.82) is 0 Å². The predicted molar refractivity (Wildman–Crippen MR) is 101 cm³/mol. The third-order valence-corrected chi connectivity index (χ3v) is 3.95. The Balaban J connectivity index is 2.12. The number of hydrogen-bond acceptors (Lipinski definition) is 3. The highest BCUT2D eigenvalue weighted by Crippen LogP contribution is 2.33. The molecule has 25 heavy (non-hydrogen) atoms. The van der Waals surface area contributed by atoms with Crippen molar-refractivity contribution in [2.75, 3.05) is 23.4 Å². The molecule has 0 aliphatic rings. The van der Waals surface area contributed by atoms with Gasteiger partial charge in [0.1, 0.15) is 12.3 Å². The van der Waals surface area contributed by atoms with Crippen molar-refractivity contribution < 1.29 is 14.3 Å². The minimum atomic E-state index is -0.365. The Morgan fingerprint density at radius 1 is 1.08 bits per heavy atom. The van der Waals surface area contributed by atoms with Gasteiger partial charge in [0, 0.05) is 12.6 Å². The van der Waals surface area contributed by atoms with E-state index in [4.69, 9.17) is 27.9 Å². The lowest BCUT2D eigenvalue weighted by Crippen LogP contribution is -2.37. The molecule has 7 heteroatoms. The minimum Gasteiger partial charge on any atom is -0.494 e. The van der Waals surface area contributed by atoms with Crippen molar-refractivity contribution in [1.82, 2.24) is 0 Å². The number of amides is 2. The number of rotatable bonds is 6. The molecular weight excluding hydrogens is 363 g/mol. The van der Waals surface area contributed by atoms with Gasteiger partial charge in [-0.3, -0.25) is 9.59 Å². The quantitative estimate of drug-likeness (QED) is 0.808. The van der Waals surface area contributed by atoms with Gasteiger partial charge in [-0.15, -0.1) is 0 Å². The van der Waals surface area contributed by atoms with E-state index < -0.39 is 0 Å². The summed E-state index contributed by atoms with van der Waals surface area (Å²) in [5.74, 6) is 0.0147. The molecule has 5 nitrogen and oxygen atoms in total. The van der Waals surface area contributed by atoms with E-state index in [1.165, 1.54) is 11.8 Å². The molecule has 2 aromatic carbocycles. The van der Waals surface area contributed by atoms with Crippen molar-refractivity contribution in [2.24, 2.45) is 0 Å². The van der Waals surface area contributed by atoms with Crippen LogP contribution in [0.25, 0.3) is 0 Å². The maximum absolute atomic E-state index is 12.3. The van der Waals surface area contributed by atoms with Crippen molar-refractivity contribution >= 4 is 46.4 Å². The summed E-state index contributed by atoms with van der Waals surface area (Å²) < 4.78 is 5.35. The second-order valence-electron chi connectivity index (χ2n) is 5.18. The van der Waals surface area contributed by atoms with Gasteiger partial charge in [-0.1, -0.05) is 29.3 Å². The summed E-state index contributed by atoms with van der Waals surface area (Å²) in [7, 11) is 0. The molecule has 1 N–H and O–H groups in total. The van der Waals surface area contributed by atoms with E-state index in [1.54, 1.807) is 42.5 Å². The lowest BCUT2D eigenvalue weighted by molar-refractivity contribution is -0.120. The summed E-state index contributed by atoms with van der Waals surface area (Å²) in [5.41, 5.74) is 0.919. The first-order valence-electron chi connectivity index (χ1n) is 7.67. The number of para-hydroxylation sites is 1. The van der Waals surface area contributed by atoms with Crippen LogP contribution >= 0.6 is 23.2 Å². The molecule has 0 bridgehead atoms. The van der Waals surface area contributed by atoms with Crippen molar-refractivity contribution in [3.8, 4) is 5.75 Å². The van der Waals surface area contributed by atoms with Crippen LogP contribution in [-0.2, 0) is 9.59 Å². The Bertz CT molecular complexity index is 743. The first-order valence-corrected chi connectivity index (χ1v) is 8.42. The van der Waals surface area contributed by atoms with E-state index in [1.807, 2.05) is 6.92 Å². The fraction of sp³-hybridized carbons (Fsp3) is 0.222. The first-order chi connectivity index (χ1) is 11.9. The SMILES string of the molecule is CCOc1ccc(NC(=O)CN(C(C)=O)c2c(Cl)cccc2Cl)cc1. The number of carbonyl (C=O) groups is 2. The lowest BCUT2D eigenvalue weighted by atomic mass is 10.2. The molecule has 2 rings (SSSR count). The van der Waals surface area contributed by atoms with Crippen LogP contribution in [0.3, 0.4) is 0 Å². The van der Waals surface area contributed by atoms with Crippen LogP contribution in [0, 0.1) is 0 Å². The molecule has 0 unspecified atom stereocenters. The Morgan fingerprint density at radius 3 is 2.20 bits per heavy atom. The monoisotopic (exact) mass is 380 g/mol. The smallest absolute Gasteiger partial charge is 0.244 e. The maximum atomic E-state index is 12.3. The summed E-state index contributed by atoms with van der Waals surface area (Å²) in [5, 5.41) is 3.34. The minimum absolute atomic E-state index is 0.202. The molecular formula is C18H18Cl2N2O3. The number of halogens is 2. The number of ether oxygens (including phenoxy) is 1. The Kier molecular flexibility index (Phi) is 6.67. The van der Waals surface area contributed by atoms with Crippen LogP contribution in [-0.4, -0.2) is 25.0 Å². The molecule has 0 aliphatic carbocycles. The van der Waals surface area contributed by atoms with Gasteiger partial charge in [0.05, 0.1) is 22.3 Å². The predicted octanol–water partition coefficient (Wildman–Crippen LogP) is 4.38. The van der Waals surface area contributed by atoms with Crippen molar-refractivity contribution in [3.63, 3.8) is 0 Å². The molecule has 0 heterocycles. The summed E-state index contributed by atoms with van der Waals surface area (Å²) >= 11 is 12.3. The highest BCUT2D eigenvalue weighted by molar-refractivity contribution is 6.40. The van der Waals surface area contributed by atoms with Crippen molar-refractivity contribution in [3.05, 3.63) is 52.5 Å². The largest absolute Gasteiger partial charge is 0.494 e. The average Bonchev–Trinajstić information content (AvgIpc) is 2.55.